The first kappa shape index (κ1) is 17.3. The molecule has 0 aromatic heterocycles. The minimum atomic E-state index is -0.328. The normalized spacial score (nSPS) is 11.3. The van der Waals surface area contributed by atoms with Gasteiger partial charge in [0.1, 0.15) is 6.61 Å². The Bertz CT molecular complexity index is 277. The Balaban J connectivity index is 4.25. The van der Waals surface area contributed by atoms with E-state index in [1.165, 1.54) is 0 Å². The predicted octanol–water partition coefficient (Wildman–Crippen LogP) is 0.953. The number of nitrogens with zero attached hydrogens (tertiary/aromatic N) is 1. The number of rotatable bonds is 8. The lowest BCUT2D eigenvalue weighted by Crippen LogP contribution is -2.40. The third-order valence-corrected chi connectivity index (χ3v) is 2.38. The maximum Gasteiger partial charge on any atom is 0.248 e. The molecule has 0 saturated carbocycles. The monoisotopic (exact) mass is 276 g/mol. The third-order valence-electron chi connectivity index (χ3n) is 2.17. The number of thiocarbonyl (C=S) groups is 1. The van der Waals surface area contributed by atoms with Gasteiger partial charge in [0.2, 0.25) is 5.91 Å². The van der Waals surface area contributed by atoms with Crippen LogP contribution in [-0.4, -0.2) is 54.8 Å². The van der Waals surface area contributed by atoms with Gasteiger partial charge in [0, 0.05) is 26.6 Å². The van der Waals surface area contributed by atoms with Crippen molar-refractivity contribution in [2.45, 2.75) is 32.8 Å². The Kier molecular flexibility index (Phi) is 8.06. The van der Waals surface area contributed by atoms with Crippen LogP contribution in [0.15, 0.2) is 0 Å². The van der Waals surface area contributed by atoms with Crippen LogP contribution in [0.1, 0.15) is 27.2 Å². The van der Waals surface area contributed by atoms with Gasteiger partial charge in [-0.25, -0.2) is 0 Å². The average Bonchev–Trinajstić information content (AvgIpc) is 2.24. The molecule has 0 aliphatic rings. The molecule has 0 saturated heterocycles. The van der Waals surface area contributed by atoms with E-state index in [0.717, 1.165) is 0 Å². The van der Waals surface area contributed by atoms with Gasteiger partial charge in [0.15, 0.2) is 0 Å². The second-order valence-electron chi connectivity index (χ2n) is 4.99. The molecule has 0 bridgehead atoms. The molecule has 6 heteroatoms. The van der Waals surface area contributed by atoms with Crippen molar-refractivity contribution in [3.63, 3.8) is 0 Å². The topological polar surface area (TPSA) is 64.8 Å². The number of nitrogens with two attached hydrogens (primary N) is 1. The fourth-order valence-electron chi connectivity index (χ4n) is 1.18. The van der Waals surface area contributed by atoms with Gasteiger partial charge in [-0.05, 0) is 20.8 Å². The Morgan fingerprint density at radius 1 is 1.33 bits per heavy atom. The molecule has 106 valence electrons. The van der Waals surface area contributed by atoms with Crippen molar-refractivity contribution in [3.05, 3.63) is 0 Å². The smallest absolute Gasteiger partial charge is 0.248 e. The summed E-state index contributed by atoms with van der Waals surface area (Å²) in [6.45, 7) is 7.30. The molecule has 0 aliphatic heterocycles. The van der Waals surface area contributed by atoms with Crippen LogP contribution in [0.25, 0.3) is 0 Å². The zero-order valence-electron chi connectivity index (χ0n) is 11.7. The molecular formula is C12H24N2O3S. The number of carbonyl (C=O) groups is 1. The van der Waals surface area contributed by atoms with Crippen molar-refractivity contribution in [3.8, 4) is 0 Å². The van der Waals surface area contributed by atoms with E-state index < -0.39 is 0 Å². The van der Waals surface area contributed by atoms with Gasteiger partial charge < -0.3 is 20.1 Å². The molecule has 0 aromatic rings. The highest BCUT2D eigenvalue weighted by Gasteiger charge is 2.17. The van der Waals surface area contributed by atoms with Crippen LogP contribution in [0.4, 0.5) is 0 Å². The lowest BCUT2D eigenvalue weighted by Gasteiger charge is -2.25. The summed E-state index contributed by atoms with van der Waals surface area (Å²) in [4.78, 5) is 14.0. The van der Waals surface area contributed by atoms with E-state index in [1.807, 2.05) is 20.8 Å². The number of hydrogen-bond donors (Lipinski definition) is 1. The molecule has 18 heavy (non-hydrogen) atoms. The molecule has 2 N–H and O–H groups in total. The quantitative estimate of drug-likeness (QED) is 0.669. The summed E-state index contributed by atoms with van der Waals surface area (Å²) in [5.41, 5.74) is 5.12. The summed E-state index contributed by atoms with van der Waals surface area (Å²) in [5.74, 6) is -0.0711. The van der Waals surface area contributed by atoms with Crippen molar-refractivity contribution in [1.29, 1.82) is 0 Å². The van der Waals surface area contributed by atoms with E-state index in [-0.39, 0.29) is 18.1 Å². The molecule has 0 fully saturated rings. The fraction of sp³-hybridized carbons (Fsp3) is 0.833. The molecule has 0 unspecified atom stereocenters. The Hall–Kier alpha value is -0.720. The summed E-state index contributed by atoms with van der Waals surface area (Å²) in [5, 5.41) is 0. The van der Waals surface area contributed by atoms with Crippen molar-refractivity contribution in [1.82, 2.24) is 4.90 Å². The predicted molar refractivity (Wildman–Crippen MR) is 75.6 cm³/mol. The van der Waals surface area contributed by atoms with Crippen molar-refractivity contribution < 1.29 is 14.3 Å². The maximum atomic E-state index is 12.0. The van der Waals surface area contributed by atoms with E-state index in [1.54, 1.807) is 12.0 Å². The first-order valence-corrected chi connectivity index (χ1v) is 6.36. The van der Waals surface area contributed by atoms with Gasteiger partial charge in [0.05, 0.1) is 17.2 Å². The highest BCUT2D eigenvalue weighted by atomic mass is 32.1. The maximum absolute atomic E-state index is 12.0. The molecule has 0 radical (unpaired) electrons. The van der Waals surface area contributed by atoms with Crippen molar-refractivity contribution in [2.24, 2.45) is 5.73 Å². The zero-order valence-corrected chi connectivity index (χ0v) is 12.5. The number of ether oxygens (including phenoxy) is 2. The standard InChI is InChI=1S/C12H24N2O3S/c1-12(2,3)17-9-11(15)14(7-8-16-4)6-5-10(13)18/h5-9H2,1-4H3,(H2,13,18). The summed E-state index contributed by atoms with van der Waals surface area (Å²) in [7, 11) is 1.60. The van der Waals surface area contributed by atoms with Gasteiger partial charge in [-0.2, -0.15) is 0 Å². The van der Waals surface area contributed by atoms with Crippen LogP contribution in [0.2, 0.25) is 0 Å². The SMILES string of the molecule is COCCN(CCC(N)=S)C(=O)COC(C)(C)C. The van der Waals surface area contributed by atoms with Gasteiger partial charge in [-0.15, -0.1) is 0 Å². The molecule has 1 amide bonds. The first-order valence-electron chi connectivity index (χ1n) is 5.95. The average molecular weight is 276 g/mol. The lowest BCUT2D eigenvalue weighted by atomic mass is 10.2. The Morgan fingerprint density at radius 2 is 1.94 bits per heavy atom. The van der Waals surface area contributed by atoms with Gasteiger partial charge in [-0.1, -0.05) is 12.2 Å². The zero-order chi connectivity index (χ0) is 14.2. The molecule has 5 nitrogen and oxygen atoms in total. The third kappa shape index (κ3) is 9.32. The van der Waals surface area contributed by atoms with Crippen LogP contribution < -0.4 is 5.73 Å². The molecule has 0 heterocycles. The summed E-state index contributed by atoms with van der Waals surface area (Å²) < 4.78 is 10.4. The molecule has 0 aromatic carbocycles. The van der Waals surface area contributed by atoms with Crippen molar-refractivity contribution in [2.75, 3.05) is 33.4 Å². The van der Waals surface area contributed by atoms with E-state index >= 15 is 0 Å². The molecular weight excluding hydrogens is 252 g/mol. The van der Waals surface area contributed by atoms with Gasteiger partial charge in [0.25, 0.3) is 0 Å². The molecule has 0 aliphatic carbocycles. The first-order chi connectivity index (χ1) is 8.26. The minimum absolute atomic E-state index is 0.0601. The van der Waals surface area contributed by atoms with E-state index in [2.05, 4.69) is 0 Å². The minimum Gasteiger partial charge on any atom is -0.393 e. The van der Waals surface area contributed by atoms with Crippen molar-refractivity contribution >= 4 is 23.1 Å². The lowest BCUT2D eigenvalue weighted by molar-refractivity contribution is -0.141. The Labute approximate surface area is 115 Å². The van der Waals surface area contributed by atoms with E-state index in [0.29, 0.717) is 31.1 Å². The van der Waals surface area contributed by atoms with Gasteiger partial charge >= 0.3 is 0 Å². The van der Waals surface area contributed by atoms with E-state index in [9.17, 15) is 4.79 Å². The van der Waals surface area contributed by atoms with Crippen LogP contribution in [0.5, 0.6) is 0 Å². The molecule has 0 spiro atoms. The highest BCUT2D eigenvalue weighted by molar-refractivity contribution is 7.80. The van der Waals surface area contributed by atoms with Gasteiger partial charge in [-0.3, -0.25) is 4.79 Å². The summed E-state index contributed by atoms with van der Waals surface area (Å²) >= 11 is 4.81. The second kappa shape index (κ2) is 8.39. The number of amides is 1. The number of hydrogen-bond acceptors (Lipinski definition) is 4. The van der Waals surface area contributed by atoms with Crippen LogP contribution in [0.3, 0.4) is 0 Å². The summed E-state index contributed by atoms with van der Waals surface area (Å²) in [6.07, 6.45) is 0.514. The number of carbonyl (C=O) groups excluding carboxylic acids is 1. The summed E-state index contributed by atoms with van der Waals surface area (Å²) in [6, 6.07) is 0. The second-order valence-corrected chi connectivity index (χ2v) is 5.52. The largest absolute Gasteiger partial charge is 0.393 e. The van der Waals surface area contributed by atoms with Crippen LogP contribution in [0, 0.1) is 0 Å². The highest BCUT2D eigenvalue weighted by Crippen LogP contribution is 2.07. The van der Waals surface area contributed by atoms with E-state index in [4.69, 9.17) is 27.4 Å². The Morgan fingerprint density at radius 3 is 2.39 bits per heavy atom. The fourth-order valence-corrected chi connectivity index (χ4v) is 1.27. The van der Waals surface area contributed by atoms with Crippen LogP contribution in [-0.2, 0) is 14.3 Å². The van der Waals surface area contributed by atoms with Crippen LogP contribution >= 0.6 is 12.2 Å². The molecule has 0 rings (SSSR count). The molecule has 0 atom stereocenters. The number of methoxy groups -OCH3 is 1.